The van der Waals surface area contributed by atoms with Crippen molar-refractivity contribution in [2.24, 2.45) is 0 Å². The first-order valence-electron chi connectivity index (χ1n) is 11.2. The molecule has 0 spiro atoms. The Morgan fingerprint density at radius 2 is 0.974 bits per heavy atom. The maximum atomic E-state index is 13.1. The number of benzene rings is 2. The van der Waals surface area contributed by atoms with Crippen molar-refractivity contribution in [2.75, 3.05) is 23.9 Å². The van der Waals surface area contributed by atoms with E-state index in [1.165, 1.54) is 56.7 Å². The number of thiophene rings is 2. The fourth-order valence-corrected chi connectivity index (χ4v) is 6.93. The largest absolute Gasteiger partial charge is 0.311 e. The van der Waals surface area contributed by atoms with Crippen LogP contribution in [0, 0.1) is 29.3 Å². The molecule has 12 heteroatoms. The predicted octanol–water partition coefficient (Wildman–Crippen LogP) is 3.26. The summed E-state index contributed by atoms with van der Waals surface area (Å²) in [7, 11) is 3.27. The number of hydrogen-bond donors (Lipinski definition) is 0. The zero-order valence-corrected chi connectivity index (χ0v) is 21.5. The number of likely N-dealkylation sites (N-methyl/N-ethyl adjacent to an activating group) is 2. The number of hydrogen-bond acceptors (Lipinski definition) is 8. The van der Waals surface area contributed by atoms with E-state index < -0.39 is 9.85 Å². The molecule has 2 aromatic heterocycles. The van der Waals surface area contributed by atoms with Gasteiger partial charge < -0.3 is 9.80 Å². The number of rotatable bonds is 2. The third-order valence-electron chi connectivity index (χ3n) is 6.63. The van der Waals surface area contributed by atoms with Gasteiger partial charge in [-0.3, -0.25) is 29.8 Å². The van der Waals surface area contributed by atoms with Crippen molar-refractivity contribution in [1.82, 2.24) is 0 Å². The molecule has 0 radical (unpaired) electrons. The quantitative estimate of drug-likeness (QED) is 0.282. The highest BCUT2D eigenvalue weighted by atomic mass is 32.1. The Hall–Kier alpha value is -4.68. The van der Waals surface area contributed by atoms with Gasteiger partial charge in [0, 0.05) is 67.6 Å². The van der Waals surface area contributed by atoms with Gasteiger partial charge >= 0.3 is 0 Å². The summed E-state index contributed by atoms with van der Waals surface area (Å²) >= 11 is 2.76. The number of nitrogens with zero attached hydrogens (tertiary/aromatic N) is 4. The van der Waals surface area contributed by atoms with Gasteiger partial charge in [0.25, 0.3) is 23.2 Å². The third kappa shape index (κ3) is 3.45. The van der Waals surface area contributed by atoms with Gasteiger partial charge in [0.2, 0.25) is 0 Å². The van der Waals surface area contributed by atoms with Gasteiger partial charge in [0.15, 0.2) is 0 Å². The zero-order chi connectivity index (χ0) is 26.9. The number of carbonyl (C=O) groups is 2. The minimum absolute atomic E-state index is 0.0900. The molecule has 2 amide bonds. The SMILES string of the molecule is CN1C(=O)C(=c2cc/c(=c3\ccc(=C4C(=O)N(C)c5ccc([N+](=O)[O-])cc54)s3)s2)c2cc([N+](=O)[O-])ccc21. The lowest BCUT2D eigenvalue weighted by molar-refractivity contribution is -0.385. The molecular formula is C26H16N4O6S2. The number of amides is 2. The molecule has 38 heavy (non-hydrogen) atoms. The van der Waals surface area contributed by atoms with Crippen LogP contribution in [0.4, 0.5) is 22.7 Å². The molecule has 0 bridgehead atoms. The fourth-order valence-electron chi connectivity index (χ4n) is 4.73. The highest BCUT2D eigenvalue weighted by molar-refractivity contribution is 7.11. The molecule has 188 valence electrons. The molecule has 0 atom stereocenters. The van der Waals surface area contributed by atoms with Gasteiger partial charge in [-0.05, 0) is 36.4 Å². The summed E-state index contributed by atoms with van der Waals surface area (Å²) in [5, 5.41) is 22.6. The first-order valence-corrected chi connectivity index (χ1v) is 12.9. The Morgan fingerprint density at radius 3 is 1.34 bits per heavy atom. The van der Waals surface area contributed by atoms with Crippen molar-refractivity contribution in [3.05, 3.63) is 110 Å². The number of non-ortho nitro benzene ring substituents is 2. The molecule has 0 fully saturated rings. The predicted molar refractivity (Wildman–Crippen MR) is 144 cm³/mol. The van der Waals surface area contributed by atoms with Crippen LogP contribution in [0.1, 0.15) is 11.1 Å². The van der Waals surface area contributed by atoms with Crippen molar-refractivity contribution in [3.63, 3.8) is 0 Å². The third-order valence-corrected chi connectivity index (χ3v) is 9.03. The van der Waals surface area contributed by atoms with Crippen molar-refractivity contribution in [2.45, 2.75) is 0 Å². The lowest BCUT2D eigenvalue weighted by Gasteiger charge is -2.08. The Labute approximate surface area is 221 Å². The standard InChI is InChI=1S/C26H16N4O6S2/c1-27-17-5-3-13(29(33)34)11-15(17)23(25(27)31)21-9-7-19(37-21)20-8-10-22(38-20)24-16-12-14(30(35)36)4-6-18(16)28(2)26(24)32/h3-12H,1-2H3/b20-19-,23-21?,24-22?. The van der Waals surface area contributed by atoms with E-state index in [-0.39, 0.29) is 23.2 Å². The summed E-state index contributed by atoms with van der Waals surface area (Å²) in [5.74, 6) is -0.483. The minimum atomic E-state index is -0.486. The molecule has 0 aliphatic carbocycles. The average molecular weight is 545 g/mol. The first kappa shape index (κ1) is 23.7. The summed E-state index contributed by atoms with van der Waals surface area (Å²) in [6, 6.07) is 16.1. The summed E-state index contributed by atoms with van der Waals surface area (Å²) < 4.78 is 3.07. The monoisotopic (exact) mass is 544 g/mol. The van der Waals surface area contributed by atoms with E-state index in [0.717, 1.165) is 9.06 Å². The van der Waals surface area contributed by atoms with Gasteiger partial charge in [-0.25, -0.2) is 0 Å². The van der Waals surface area contributed by atoms with E-state index in [0.29, 0.717) is 42.7 Å². The van der Waals surface area contributed by atoms with E-state index in [2.05, 4.69) is 0 Å². The molecule has 4 heterocycles. The van der Waals surface area contributed by atoms with Crippen LogP contribution in [0.25, 0.3) is 11.1 Å². The topological polar surface area (TPSA) is 127 Å². The molecule has 2 aliphatic heterocycles. The summed E-state index contributed by atoms with van der Waals surface area (Å²) in [6.07, 6.45) is 0. The van der Waals surface area contributed by atoms with E-state index in [1.54, 1.807) is 26.2 Å². The molecule has 2 aromatic carbocycles. The molecule has 0 saturated carbocycles. The Morgan fingerprint density at radius 1 is 0.605 bits per heavy atom. The van der Waals surface area contributed by atoms with Crippen molar-refractivity contribution in [1.29, 1.82) is 0 Å². The zero-order valence-electron chi connectivity index (χ0n) is 19.8. The number of fused-ring (bicyclic) bond motifs is 2. The Kier molecular flexibility index (Phi) is 5.26. The van der Waals surface area contributed by atoms with E-state index >= 15 is 0 Å². The van der Waals surface area contributed by atoms with Gasteiger partial charge in [0.05, 0.1) is 32.4 Å². The molecule has 4 aromatic rings. The molecule has 6 rings (SSSR count). The molecule has 0 N–H and O–H groups in total. The van der Waals surface area contributed by atoms with Gasteiger partial charge in [-0.15, -0.1) is 22.7 Å². The van der Waals surface area contributed by atoms with Crippen LogP contribution in [0.15, 0.2) is 60.7 Å². The lowest BCUT2D eigenvalue weighted by atomic mass is 10.1. The van der Waals surface area contributed by atoms with Crippen LogP contribution in [-0.4, -0.2) is 35.8 Å². The van der Waals surface area contributed by atoms with Crippen molar-refractivity contribution < 1.29 is 19.4 Å². The molecule has 0 unspecified atom stereocenters. The van der Waals surface area contributed by atoms with Crippen LogP contribution < -0.4 is 18.9 Å². The molecule has 10 nitrogen and oxygen atoms in total. The molecule has 2 aliphatic rings. The second-order valence-electron chi connectivity index (χ2n) is 8.72. The fraction of sp³-hybridized carbons (Fsp3) is 0.0769. The van der Waals surface area contributed by atoms with Crippen LogP contribution in [0.3, 0.4) is 0 Å². The molecule has 0 saturated heterocycles. The lowest BCUT2D eigenvalue weighted by Crippen LogP contribution is -2.22. The van der Waals surface area contributed by atoms with Crippen LogP contribution in [0.5, 0.6) is 0 Å². The Bertz CT molecular complexity index is 1830. The number of anilines is 2. The van der Waals surface area contributed by atoms with Crippen molar-refractivity contribution >= 4 is 68.4 Å². The summed E-state index contributed by atoms with van der Waals surface area (Å²) in [4.78, 5) is 50.7. The van der Waals surface area contributed by atoms with Crippen LogP contribution in [0.2, 0.25) is 0 Å². The summed E-state index contributed by atoms with van der Waals surface area (Å²) in [6.45, 7) is 0. The summed E-state index contributed by atoms with van der Waals surface area (Å²) in [5.41, 5.74) is 2.88. The van der Waals surface area contributed by atoms with Gasteiger partial charge in [-0.1, -0.05) is 0 Å². The smallest absolute Gasteiger partial charge is 0.270 e. The second-order valence-corrected chi connectivity index (χ2v) is 10.9. The number of nitro groups is 2. The number of carbonyl (C=O) groups excluding carboxylic acids is 2. The van der Waals surface area contributed by atoms with Crippen LogP contribution in [-0.2, 0) is 9.59 Å². The van der Waals surface area contributed by atoms with Crippen LogP contribution >= 0.6 is 22.7 Å². The molecular weight excluding hydrogens is 528 g/mol. The second kappa shape index (κ2) is 8.43. The maximum absolute atomic E-state index is 13.1. The maximum Gasteiger partial charge on any atom is 0.270 e. The van der Waals surface area contributed by atoms with E-state index in [4.69, 9.17) is 0 Å². The highest BCUT2D eigenvalue weighted by Gasteiger charge is 2.33. The van der Waals surface area contributed by atoms with Gasteiger partial charge in [-0.2, -0.15) is 0 Å². The minimum Gasteiger partial charge on any atom is -0.311 e. The normalized spacial score (nSPS) is 18.2. The van der Waals surface area contributed by atoms with E-state index in [9.17, 15) is 29.8 Å². The van der Waals surface area contributed by atoms with E-state index in [1.807, 2.05) is 24.3 Å². The average Bonchev–Trinajstić information content (AvgIpc) is 3.66. The van der Waals surface area contributed by atoms with Crippen molar-refractivity contribution in [3.8, 4) is 0 Å². The Balaban J connectivity index is 1.56. The van der Waals surface area contributed by atoms with Gasteiger partial charge in [0.1, 0.15) is 0 Å². The highest BCUT2D eigenvalue weighted by Crippen LogP contribution is 2.38. The first-order chi connectivity index (χ1) is 18.2. The number of nitro benzene ring substituents is 2.